The molecular weight excluding hydrogens is 396 g/mol. The van der Waals surface area contributed by atoms with Crippen molar-refractivity contribution in [2.24, 2.45) is 11.3 Å². The van der Waals surface area contributed by atoms with E-state index in [0.717, 1.165) is 49.3 Å². The third-order valence-electron chi connectivity index (χ3n) is 7.63. The van der Waals surface area contributed by atoms with E-state index in [0.29, 0.717) is 11.0 Å². The monoisotopic (exact) mass is 434 g/mol. The van der Waals surface area contributed by atoms with Crippen LogP contribution in [-0.4, -0.2) is 50.2 Å². The SMILES string of the molecule is COC(=O)c1ccccc1-c1ccc(N2CCN([C@H]3CC[C@H](C(C)(C)C)CC3)CC2)cc1. The lowest BCUT2D eigenvalue weighted by molar-refractivity contribution is 0.0601. The highest BCUT2D eigenvalue weighted by Crippen LogP contribution is 2.39. The molecule has 1 saturated heterocycles. The van der Waals surface area contributed by atoms with Gasteiger partial charge in [0.2, 0.25) is 0 Å². The maximum atomic E-state index is 12.1. The van der Waals surface area contributed by atoms with Crippen molar-refractivity contribution in [1.82, 2.24) is 4.90 Å². The van der Waals surface area contributed by atoms with Crippen molar-refractivity contribution < 1.29 is 9.53 Å². The summed E-state index contributed by atoms with van der Waals surface area (Å²) in [5.41, 5.74) is 4.29. The Morgan fingerprint density at radius 1 is 0.875 bits per heavy atom. The van der Waals surface area contributed by atoms with Crippen molar-refractivity contribution in [3.8, 4) is 11.1 Å². The molecule has 32 heavy (non-hydrogen) atoms. The number of anilines is 1. The minimum absolute atomic E-state index is 0.294. The first-order valence-electron chi connectivity index (χ1n) is 12.1. The summed E-state index contributed by atoms with van der Waals surface area (Å²) in [5, 5.41) is 0. The van der Waals surface area contributed by atoms with Gasteiger partial charge in [0.25, 0.3) is 0 Å². The molecule has 172 valence electrons. The predicted octanol–water partition coefficient (Wildman–Crippen LogP) is 5.87. The number of ether oxygens (including phenoxy) is 1. The van der Waals surface area contributed by atoms with Gasteiger partial charge in [-0.05, 0) is 66.3 Å². The molecule has 0 spiro atoms. The minimum atomic E-state index is -0.294. The van der Waals surface area contributed by atoms with Crippen LogP contribution in [0.5, 0.6) is 0 Å². The zero-order chi connectivity index (χ0) is 22.7. The number of carbonyl (C=O) groups is 1. The van der Waals surface area contributed by atoms with E-state index >= 15 is 0 Å². The van der Waals surface area contributed by atoms with Gasteiger partial charge < -0.3 is 9.64 Å². The molecule has 1 aliphatic carbocycles. The molecule has 0 bridgehead atoms. The van der Waals surface area contributed by atoms with Gasteiger partial charge in [-0.25, -0.2) is 4.79 Å². The number of nitrogens with zero attached hydrogens (tertiary/aromatic N) is 2. The van der Waals surface area contributed by atoms with Gasteiger partial charge in [0.15, 0.2) is 0 Å². The summed E-state index contributed by atoms with van der Waals surface area (Å²) < 4.78 is 4.95. The molecule has 1 saturated carbocycles. The third-order valence-corrected chi connectivity index (χ3v) is 7.63. The minimum Gasteiger partial charge on any atom is -0.465 e. The van der Waals surface area contributed by atoms with Crippen molar-refractivity contribution >= 4 is 11.7 Å². The van der Waals surface area contributed by atoms with E-state index in [1.165, 1.54) is 38.5 Å². The summed E-state index contributed by atoms with van der Waals surface area (Å²) in [7, 11) is 1.43. The molecule has 0 radical (unpaired) electrons. The van der Waals surface area contributed by atoms with Crippen LogP contribution in [0.3, 0.4) is 0 Å². The van der Waals surface area contributed by atoms with Crippen LogP contribution in [0.25, 0.3) is 11.1 Å². The number of methoxy groups -OCH3 is 1. The van der Waals surface area contributed by atoms with E-state index in [9.17, 15) is 4.79 Å². The van der Waals surface area contributed by atoms with E-state index in [1.54, 1.807) is 0 Å². The van der Waals surface area contributed by atoms with Gasteiger partial charge in [0.05, 0.1) is 12.7 Å². The van der Waals surface area contributed by atoms with Gasteiger partial charge in [-0.1, -0.05) is 51.1 Å². The Balaban J connectivity index is 1.35. The average molecular weight is 435 g/mol. The molecular formula is C28H38N2O2. The summed E-state index contributed by atoms with van der Waals surface area (Å²) >= 11 is 0. The van der Waals surface area contributed by atoms with Crippen molar-refractivity contribution in [2.75, 3.05) is 38.2 Å². The fraction of sp³-hybridized carbons (Fsp3) is 0.536. The Morgan fingerprint density at radius 2 is 1.50 bits per heavy atom. The second kappa shape index (κ2) is 9.66. The van der Waals surface area contributed by atoms with Crippen molar-refractivity contribution in [3.05, 3.63) is 54.1 Å². The number of hydrogen-bond donors (Lipinski definition) is 0. The Morgan fingerprint density at radius 3 is 2.09 bits per heavy atom. The maximum Gasteiger partial charge on any atom is 0.338 e. The van der Waals surface area contributed by atoms with Crippen LogP contribution in [0.15, 0.2) is 48.5 Å². The fourth-order valence-electron chi connectivity index (χ4n) is 5.53. The highest BCUT2D eigenvalue weighted by molar-refractivity contribution is 5.97. The number of hydrogen-bond acceptors (Lipinski definition) is 4. The Hall–Kier alpha value is -2.33. The summed E-state index contributed by atoms with van der Waals surface area (Å²) in [6, 6.07) is 17.0. The molecule has 4 heteroatoms. The maximum absolute atomic E-state index is 12.1. The first-order valence-corrected chi connectivity index (χ1v) is 12.1. The number of esters is 1. The van der Waals surface area contributed by atoms with E-state index < -0.39 is 0 Å². The van der Waals surface area contributed by atoms with Crippen LogP contribution in [-0.2, 0) is 4.74 Å². The predicted molar refractivity (Wildman–Crippen MR) is 132 cm³/mol. The lowest BCUT2D eigenvalue weighted by Gasteiger charge is -2.44. The van der Waals surface area contributed by atoms with E-state index in [1.807, 2.05) is 24.3 Å². The van der Waals surface area contributed by atoms with E-state index in [-0.39, 0.29) is 5.97 Å². The molecule has 0 aromatic heterocycles. The summed E-state index contributed by atoms with van der Waals surface area (Å²) in [5.74, 6) is 0.584. The molecule has 1 aliphatic heterocycles. The second-order valence-electron chi connectivity index (χ2n) is 10.5. The molecule has 0 unspecified atom stereocenters. The molecule has 4 rings (SSSR count). The van der Waals surface area contributed by atoms with Crippen molar-refractivity contribution in [2.45, 2.75) is 52.5 Å². The summed E-state index contributed by atoms with van der Waals surface area (Å²) in [6.07, 6.45) is 5.47. The molecule has 0 amide bonds. The standard InChI is InChI=1S/C28H38N2O2/c1-28(2,3)22-11-15-24(16-12-22)30-19-17-29(18-20-30)23-13-9-21(10-14-23)25-7-5-6-8-26(25)27(31)32-4/h5-10,13-14,22,24H,11-12,15-20H2,1-4H3/t22-,24-. The van der Waals surface area contributed by atoms with Gasteiger partial charge in [-0.2, -0.15) is 0 Å². The Bertz CT molecular complexity index is 900. The fourth-order valence-corrected chi connectivity index (χ4v) is 5.53. The molecule has 2 fully saturated rings. The molecule has 4 nitrogen and oxygen atoms in total. The van der Waals surface area contributed by atoms with Crippen LogP contribution in [0.1, 0.15) is 56.8 Å². The molecule has 0 atom stereocenters. The van der Waals surface area contributed by atoms with E-state index in [2.05, 4.69) is 54.8 Å². The van der Waals surface area contributed by atoms with Crippen LogP contribution in [0.2, 0.25) is 0 Å². The topological polar surface area (TPSA) is 32.8 Å². The first kappa shape index (κ1) is 22.8. The van der Waals surface area contributed by atoms with Crippen LogP contribution in [0.4, 0.5) is 5.69 Å². The molecule has 1 heterocycles. The zero-order valence-corrected chi connectivity index (χ0v) is 20.1. The highest BCUT2D eigenvalue weighted by Gasteiger charge is 2.33. The van der Waals surface area contributed by atoms with Crippen LogP contribution >= 0.6 is 0 Å². The van der Waals surface area contributed by atoms with Gasteiger partial charge in [-0.15, -0.1) is 0 Å². The van der Waals surface area contributed by atoms with Gasteiger partial charge in [-0.3, -0.25) is 4.90 Å². The first-order chi connectivity index (χ1) is 15.4. The Kier molecular flexibility index (Phi) is 6.90. The van der Waals surface area contributed by atoms with E-state index in [4.69, 9.17) is 4.74 Å². The number of benzene rings is 2. The molecule has 0 N–H and O–H groups in total. The number of rotatable bonds is 4. The smallest absolute Gasteiger partial charge is 0.338 e. The van der Waals surface area contributed by atoms with Crippen LogP contribution < -0.4 is 4.90 Å². The van der Waals surface area contributed by atoms with Crippen molar-refractivity contribution in [1.29, 1.82) is 0 Å². The van der Waals surface area contributed by atoms with Crippen molar-refractivity contribution in [3.63, 3.8) is 0 Å². The third kappa shape index (κ3) is 5.01. The quantitative estimate of drug-likeness (QED) is 0.564. The average Bonchev–Trinajstić information content (AvgIpc) is 2.83. The summed E-state index contributed by atoms with van der Waals surface area (Å²) in [6.45, 7) is 11.7. The summed E-state index contributed by atoms with van der Waals surface area (Å²) in [4.78, 5) is 17.3. The largest absolute Gasteiger partial charge is 0.465 e. The lowest BCUT2D eigenvalue weighted by Crippen LogP contribution is -2.51. The van der Waals surface area contributed by atoms with Crippen LogP contribution in [0, 0.1) is 11.3 Å². The zero-order valence-electron chi connectivity index (χ0n) is 20.1. The number of piperazine rings is 1. The van der Waals surface area contributed by atoms with Gasteiger partial charge in [0, 0.05) is 37.9 Å². The van der Waals surface area contributed by atoms with Gasteiger partial charge >= 0.3 is 5.97 Å². The highest BCUT2D eigenvalue weighted by atomic mass is 16.5. The molecule has 2 aliphatic rings. The normalized spacial score (nSPS) is 22.6. The lowest BCUT2D eigenvalue weighted by atomic mass is 9.71. The van der Waals surface area contributed by atoms with Gasteiger partial charge in [0.1, 0.15) is 0 Å². The number of carbonyl (C=O) groups excluding carboxylic acids is 1. The molecule has 2 aromatic carbocycles. The molecule has 2 aromatic rings. The second-order valence-corrected chi connectivity index (χ2v) is 10.5. The Labute approximate surface area is 193 Å².